The Bertz CT molecular complexity index is 2350. The highest BCUT2D eigenvalue weighted by molar-refractivity contribution is 7.07. The van der Waals surface area contributed by atoms with Crippen LogP contribution in [0.3, 0.4) is 0 Å². The molecule has 1 aliphatic heterocycles. The third kappa shape index (κ3) is 5.71. The van der Waals surface area contributed by atoms with Crippen LogP contribution in [0.1, 0.15) is 35.3 Å². The molecule has 0 saturated carbocycles. The number of carbonyl (C=O) groups is 1. The lowest BCUT2D eigenvalue weighted by molar-refractivity contribution is -0.113. The monoisotopic (exact) mass is 658 g/mol. The quantitative estimate of drug-likeness (QED) is 0.204. The maximum Gasteiger partial charge on any atom is 0.271 e. The fourth-order valence-corrected chi connectivity index (χ4v) is 7.33. The second kappa shape index (κ2) is 12.5. The summed E-state index contributed by atoms with van der Waals surface area (Å²) in [6.45, 7) is 4.56. The van der Waals surface area contributed by atoms with E-state index < -0.39 is 6.04 Å². The van der Waals surface area contributed by atoms with Crippen molar-refractivity contribution in [1.82, 2.24) is 9.13 Å². The summed E-state index contributed by atoms with van der Waals surface area (Å²) in [7, 11) is 1.61. The molecule has 0 bridgehead atoms. The Kier molecular flexibility index (Phi) is 8.14. The van der Waals surface area contributed by atoms with E-state index in [0.717, 1.165) is 33.3 Å². The molecule has 3 heterocycles. The molecule has 1 aliphatic rings. The lowest BCUT2D eigenvalue weighted by Crippen LogP contribution is -2.40. The van der Waals surface area contributed by atoms with Crippen molar-refractivity contribution in [2.75, 3.05) is 12.4 Å². The number of amides is 1. The average molecular weight is 659 g/mol. The molecule has 1 atom stereocenters. The molecule has 2 aromatic heterocycles. The molecular formula is C38H31ClN4O3S. The number of nitrogens with zero attached hydrogens (tertiary/aromatic N) is 3. The van der Waals surface area contributed by atoms with Crippen molar-refractivity contribution in [3.8, 4) is 5.75 Å². The summed E-state index contributed by atoms with van der Waals surface area (Å²) in [4.78, 5) is 33.7. The summed E-state index contributed by atoms with van der Waals surface area (Å²) >= 11 is 7.48. The summed E-state index contributed by atoms with van der Waals surface area (Å²) in [6, 6.07) is 32.1. The highest BCUT2D eigenvalue weighted by Gasteiger charge is 2.32. The van der Waals surface area contributed by atoms with Gasteiger partial charge in [-0.05, 0) is 73.5 Å². The zero-order valence-electron chi connectivity index (χ0n) is 26.0. The van der Waals surface area contributed by atoms with Gasteiger partial charge in [0, 0.05) is 39.4 Å². The van der Waals surface area contributed by atoms with E-state index in [1.807, 2.05) is 104 Å². The number of benzene rings is 4. The number of anilines is 1. The van der Waals surface area contributed by atoms with E-state index in [-0.39, 0.29) is 11.5 Å². The molecule has 1 N–H and O–H groups in total. The Labute approximate surface area is 280 Å². The Balaban J connectivity index is 1.38. The van der Waals surface area contributed by atoms with E-state index >= 15 is 0 Å². The van der Waals surface area contributed by atoms with Crippen LogP contribution in [0.25, 0.3) is 17.0 Å². The van der Waals surface area contributed by atoms with Gasteiger partial charge in [-0.25, -0.2) is 4.99 Å². The summed E-state index contributed by atoms with van der Waals surface area (Å²) in [5.74, 6) is 0.372. The molecule has 0 saturated heterocycles. The molecule has 234 valence electrons. The molecule has 7 nitrogen and oxygen atoms in total. The first-order valence-corrected chi connectivity index (χ1v) is 16.4. The third-order valence-corrected chi connectivity index (χ3v) is 9.77. The number of ether oxygens (including phenoxy) is 1. The van der Waals surface area contributed by atoms with Crippen molar-refractivity contribution in [3.63, 3.8) is 0 Å². The predicted molar refractivity (Wildman–Crippen MR) is 189 cm³/mol. The number of carbonyl (C=O) groups excluding carboxylic acids is 1. The summed E-state index contributed by atoms with van der Waals surface area (Å²) in [6.07, 6.45) is 1.97. The maximum absolute atomic E-state index is 14.4. The van der Waals surface area contributed by atoms with E-state index in [0.29, 0.717) is 43.6 Å². The first kappa shape index (κ1) is 30.5. The molecule has 0 spiro atoms. The summed E-state index contributed by atoms with van der Waals surface area (Å²) in [5, 5.41) is 4.75. The number of allylic oxidation sites excluding steroid dienone is 1. The van der Waals surface area contributed by atoms with Crippen molar-refractivity contribution >= 4 is 51.5 Å². The SMILES string of the molecule is COc1ccc([C@@H]2C(C(=O)Nc3ccccc3)=C(C)N=c3s/c(=C/c4c(C)n(Cc5ccc(Cl)cc5)c5ccccc45)c(=O)n32)cc1. The van der Waals surface area contributed by atoms with Gasteiger partial charge in [-0.3, -0.25) is 14.2 Å². The Morgan fingerprint density at radius 1 is 0.957 bits per heavy atom. The van der Waals surface area contributed by atoms with Crippen LogP contribution in [0.5, 0.6) is 5.75 Å². The van der Waals surface area contributed by atoms with Gasteiger partial charge in [0.25, 0.3) is 11.5 Å². The minimum absolute atomic E-state index is 0.207. The van der Waals surface area contributed by atoms with E-state index in [2.05, 4.69) is 28.9 Å². The fraction of sp³-hybridized carbons (Fsp3) is 0.132. The molecule has 1 amide bonds. The van der Waals surface area contributed by atoms with Crippen LogP contribution < -0.4 is 24.9 Å². The van der Waals surface area contributed by atoms with Gasteiger partial charge in [0.2, 0.25) is 0 Å². The van der Waals surface area contributed by atoms with Crippen molar-refractivity contribution in [2.24, 2.45) is 4.99 Å². The normalized spacial score (nSPS) is 14.6. The van der Waals surface area contributed by atoms with Gasteiger partial charge in [-0.15, -0.1) is 0 Å². The van der Waals surface area contributed by atoms with E-state index in [1.165, 1.54) is 11.3 Å². The molecule has 0 radical (unpaired) electrons. The first-order chi connectivity index (χ1) is 22.8. The Morgan fingerprint density at radius 3 is 2.38 bits per heavy atom. The second-order valence-corrected chi connectivity index (χ2v) is 12.8. The molecule has 0 fully saturated rings. The van der Waals surface area contributed by atoms with Crippen LogP contribution in [-0.4, -0.2) is 22.2 Å². The number of para-hydroxylation sites is 2. The number of aromatic nitrogens is 2. The lowest BCUT2D eigenvalue weighted by Gasteiger charge is -2.25. The number of fused-ring (bicyclic) bond motifs is 2. The number of hydrogen-bond acceptors (Lipinski definition) is 5. The standard InChI is InChI=1S/C38H31ClN4O3S/c1-23-34(36(44)41-28-9-5-4-6-10-28)35(26-15-19-29(46-3)20-16-26)43-37(45)33(47-38(43)40-23)21-31-24(2)42(32-12-8-7-11-30(31)32)22-25-13-17-27(39)18-14-25/h4-21,35H,22H2,1-3H3,(H,41,44)/b33-21+/t35-/m1/s1. The van der Waals surface area contributed by atoms with Crippen molar-refractivity contribution in [2.45, 2.75) is 26.4 Å². The predicted octanol–water partition coefficient (Wildman–Crippen LogP) is 6.85. The highest BCUT2D eigenvalue weighted by atomic mass is 35.5. The number of thiazole rings is 1. The van der Waals surface area contributed by atoms with Crippen LogP contribution in [0, 0.1) is 6.92 Å². The smallest absolute Gasteiger partial charge is 0.271 e. The van der Waals surface area contributed by atoms with E-state index in [4.69, 9.17) is 21.3 Å². The number of halogens is 1. The van der Waals surface area contributed by atoms with Crippen LogP contribution in [-0.2, 0) is 11.3 Å². The Hall–Kier alpha value is -5.18. The van der Waals surface area contributed by atoms with Crippen LogP contribution in [0.4, 0.5) is 5.69 Å². The lowest BCUT2D eigenvalue weighted by atomic mass is 9.95. The number of hydrogen-bond donors (Lipinski definition) is 1. The molecule has 0 aliphatic carbocycles. The van der Waals surface area contributed by atoms with Crippen LogP contribution in [0.2, 0.25) is 5.02 Å². The topological polar surface area (TPSA) is 77.6 Å². The second-order valence-electron chi connectivity index (χ2n) is 11.4. The Morgan fingerprint density at radius 2 is 1.66 bits per heavy atom. The van der Waals surface area contributed by atoms with Crippen LogP contribution >= 0.6 is 22.9 Å². The first-order valence-electron chi connectivity index (χ1n) is 15.2. The van der Waals surface area contributed by atoms with E-state index in [9.17, 15) is 9.59 Å². The molecule has 7 rings (SSSR count). The number of rotatable bonds is 7. The maximum atomic E-state index is 14.4. The van der Waals surface area contributed by atoms with Gasteiger partial charge in [-0.2, -0.15) is 0 Å². The van der Waals surface area contributed by atoms with Gasteiger partial charge in [0.15, 0.2) is 4.80 Å². The average Bonchev–Trinajstić information content (AvgIpc) is 3.53. The zero-order valence-corrected chi connectivity index (χ0v) is 27.6. The van der Waals surface area contributed by atoms with Gasteiger partial charge < -0.3 is 14.6 Å². The van der Waals surface area contributed by atoms with Gasteiger partial charge in [0.1, 0.15) is 5.75 Å². The number of methoxy groups -OCH3 is 1. The third-order valence-electron chi connectivity index (χ3n) is 8.54. The molecule has 9 heteroatoms. The van der Waals surface area contributed by atoms with Crippen LogP contribution in [0.15, 0.2) is 124 Å². The van der Waals surface area contributed by atoms with Crippen molar-refractivity contribution in [3.05, 3.63) is 161 Å². The zero-order chi connectivity index (χ0) is 32.7. The molecule has 47 heavy (non-hydrogen) atoms. The minimum Gasteiger partial charge on any atom is -0.497 e. The summed E-state index contributed by atoms with van der Waals surface area (Å²) in [5.41, 5.74) is 6.41. The minimum atomic E-state index is -0.685. The fourth-order valence-electron chi connectivity index (χ4n) is 6.18. The molecule has 0 unspecified atom stereocenters. The highest BCUT2D eigenvalue weighted by Crippen LogP contribution is 2.32. The van der Waals surface area contributed by atoms with Gasteiger partial charge in [0.05, 0.1) is 29.0 Å². The van der Waals surface area contributed by atoms with Crippen molar-refractivity contribution < 1.29 is 9.53 Å². The van der Waals surface area contributed by atoms with Crippen molar-refractivity contribution in [1.29, 1.82) is 0 Å². The molecular weight excluding hydrogens is 628 g/mol. The van der Waals surface area contributed by atoms with Gasteiger partial charge in [-0.1, -0.05) is 83.6 Å². The number of nitrogens with one attached hydrogen (secondary N) is 1. The molecule has 6 aromatic rings. The molecule has 4 aromatic carbocycles. The largest absolute Gasteiger partial charge is 0.497 e. The van der Waals surface area contributed by atoms with Gasteiger partial charge >= 0.3 is 0 Å². The summed E-state index contributed by atoms with van der Waals surface area (Å²) < 4.78 is 9.84. The van der Waals surface area contributed by atoms with E-state index in [1.54, 1.807) is 11.7 Å².